The Labute approximate surface area is 127 Å². The van der Waals surface area contributed by atoms with Crippen LogP contribution in [-0.4, -0.2) is 58.7 Å². The first kappa shape index (κ1) is 13.5. The molecule has 4 rings (SSSR count). The lowest BCUT2D eigenvalue weighted by molar-refractivity contribution is 0.0340. The van der Waals surface area contributed by atoms with Crippen LogP contribution in [0.1, 0.15) is 21.6 Å². The molecular formula is C15H18N4O3. The van der Waals surface area contributed by atoms with Gasteiger partial charge in [-0.3, -0.25) is 9.69 Å². The Kier molecular flexibility index (Phi) is 3.24. The van der Waals surface area contributed by atoms with E-state index in [1.54, 1.807) is 6.20 Å². The summed E-state index contributed by atoms with van der Waals surface area (Å²) in [6.45, 7) is 4.37. The summed E-state index contributed by atoms with van der Waals surface area (Å²) in [5.41, 5.74) is 3.04. The Balaban J connectivity index is 1.81. The molecule has 22 heavy (non-hydrogen) atoms. The van der Waals surface area contributed by atoms with Gasteiger partial charge >= 0.3 is 0 Å². The third kappa shape index (κ3) is 2.13. The second-order valence-corrected chi connectivity index (χ2v) is 5.72. The summed E-state index contributed by atoms with van der Waals surface area (Å²) in [6, 6.07) is 0. The van der Waals surface area contributed by atoms with Crippen molar-refractivity contribution in [3.05, 3.63) is 23.0 Å². The van der Waals surface area contributed by atoms with Crippen LogP contribution in [-0.2, 0) is 17.7 Å². The van der Waals surface area contributed by atoms with Gasteiger partial charge in [-0.2, -0.15) is 0 Å². The molecule has 1 fully saturated rings. The molecule has 0 aliphatic carbocycles. The number of rotatable bonds is 2. The Hall–Kier alpha value is -2.12. The number of pyridine rings is 1. The quantitative estimate of drug-likeness (QED) is 0.746. The molecule has 0 spiro atoms. The van der Waals surface area contributed by atoms with E-state index in [2.05, 4.69) is 20.2 Å². The molecule has 2 aromatic rings. The van der Waals surface area contributed by atoms with Crippen molar-refractivity contribution in [1.82, 2.24) is 20.2 Å². The van der Waals surface area contributed by atoms with Crippen LogP contribution in [0, 0.1) is 0 Å². The molecule has 0 unspecified atom stereocenters. The minimum atomic E-state index is -0.138. The van der Waals surface area contributed by atoms with Crippen molar-refractivity contribution in [2.24, 2.45) is 0 Å². The van der Waals surface area contributed by atoms with Gasteiger partial charge in [-0.25, -0.2) is 4.98 Å². The molecule has 7 heteroatoms. The van der Waals surface area contributed by atoms with Crippen LogP contribution in [0.25, 0.3) is 10.9 Å². The van der Waals surface area contributed by atoms with Crippen molar-refractivity contribution >= 4 is 16.8 Å². The number of amides is 1. The van der Waals surface area contributed by atoms with Gasteiger partial charge in [0.15, 0.2) is 5.88 Å². The number of aromatic hydroxyl groups is 1. The van der Waals surface area contributed by atoms with Gasteiger partial charge in [-0.05, 0) is 12.0 Å². The molecule has 0 bridgehead atoms. The van der Waals surface area contributed by atoms with Gasteiger partial charge in [-0.15, -0.1) is 0 Å². The van der Waals surface area contributed by atoms with Crippen LogP contribution < -0.4 is 5.32 Å². The Morgan fingerprint density at radius 1 is 1.36 bits per heavy atom. The van der Waals surface area contributed by atoms with E-state index in [-0.39, 0.29) is 11.8 Å². The van der Waals surface area contributed by atoms with E-state index < -0.39 is 0 Å². The number of nitrogens with one attached hydrogen (secondary N) is 2. The number of aromatic amines is 1. The van der Waals surface area contributed by atoms with E-state index >= 15 is 0 Å². The smallest absolute Gasteiger partial charge is 0.270 e. The SMILES string of the molecule is O=C1NCCc2c1ncc1[nH]c(O)c(CN3CCOCC3)c21. The normalized spacial score (nSPS) is 19.2. The average Bonchev–Trinajstić information content (AvgIpc) is 2.85. The molecule has 116 valence electrons. The number of carbonyl (C=O) groups excluding carboxylic acids is 1. The number of aromatic nitrogens is 2. The van der Waals surface area contributed by atoms with E-state index in [1.165, 1.54) is 0 Å². The highest BCUT2D eigenvalue weighted by Crippen LogP contribution is 2.33. The van der Waals surface area contributed by atoms with Crippen molar-refractivity contribution in [3.63, 3.8) is 0 Å². The molecule has 3 N–H and O–H groups in total. The zero-order valence-corrected chi connectivity index (χ0v) is 12.2. The van der Waals surface area contributed by atoms with Gasteiger partial charge in [-0.1, -0.05) is 0 Å². The van der Waals surface area contributed by atoms with Crippen molar-refractivity contribution < 1.29 is 14.6 Å². The summed E-state index contributed by atoms with van der Waals surface area (Å²) in [6.07, 6.45) is 2.36. The highest BCUT2D eigenvalue weighted by atomic mass is 16.5. The molecule has 2 aliphatic rings. The molecule has 0 radical (unpaired) electrons. The van der Waals surface area contributed by atoms with Gasteiger partial charge in [0.05, 0.1) is 24.9 Å². The molecular weight excluding hydrogens is 284 g/mol. The third-order valence-electron chi connectivity index (χ3n) is 4.38. The molecule has 0 atom stereocenters. The van der Waals surface area contributed by atoms with Crippen LogP contribution in [0.3, 0.4) is 0 Å². The lowest BCUT2D eigenvalue weighted by Crippen LogP contribution is -2.36. The summed E-state index contributed by atoms with van der Waals surface area (Å²) < 4.78 is 5.37. The van der Waals surface area contributed by atoms with Crippen LogP contribution in [0.5, 0.6) is 5.88 Å². The highest BCUT2D eigenvalue weighted by molar-refractivity contribution is 6.01. The number of hydrogen-bond acceptors (Lipinski definition) is 5. The van der Waals surface area contributed by atoms with Crippen LogP contribution >= 0.6 is 0 Å². The summed E-state index contributed by atoms with van der Waals surface area (Å²) in [5.74, 6) is 0.0313. The number of hydrogen-bond donors (Lipinski definition) is 3. The number of fused-ring (bicyclic) bond motifs is 3. The third-order valence-corrected chi connectivity index (χ3v) is 4.38. The fourth-order valence-electron chi connectivity index (χ4n) is 3.27. The number of ether oxygens (including phenoxy) is 1. The second-order valence-electron chi connectivity index (χ2n) is 5.72. The topological polar surface area (TPSA) is 90.5 Å². The maximum Gasteiger partial charge on any atom is 0.270 e. The summed E-state index contributed by atoms with van der Waals surface area (Å²) >= 11 is 0. The largest absolute Gasteiger partial charge is 0.494 e. The Morgan fingerprint density at radius 3 is 3.00 bits per heavy atom. The predicted octanol–water partition coefficient (Wildman–Crippen LogP) is 0.387. The standard InChI is InChI=1S/C15H18N4O3/c20-14-10(8-19-3-5-22-6-4-19)12-9-1-2-16-15(21)13(9)17-7-11(12)18-14/h7,18,20H,1-6,8H2,(H,16,21). The first-order valence-corrected chi connectivity index (χ1v) is 7.53. The van der Waals surface area contributed by atoms with Gasteiger partial charge in [0.1, 0.15) is 5.69 Å². The predicted molar refractivity (Wildman–Crippen MR) is 79.9 cm³/mol. The fraction of sp³-hybridized carbons (Fsp3) is 0.467. The van der Waals surface area contributed by atoms with Gasteiger partial charge in [0, 0.05) is 37.1 Å². The monoisotopic (exact) mass is 302 g/mol. The minimum Gasteiger partial charge on any atom is -0.494 e. The maximum atomic E-state index is 12.0. The Bertz CT molecular complexity index is 734. The number of morpholine rings is 1. The van der Waals surface area contributed by atoms with Gasteiger partial charge < -0.3 is 20.1 Å². The molecule has 2 aromatic heterocycles. The number of H-pyrrole nitrogens is 1. The van der Waals surface area contributed by atoms with E-state index in [0.29, 0.717) is 32.0 Å². The second kappa shape index (κ2) is 5.26. The molecule has 7 nitrogen and oxygen atoms in total. The first-order valence-electron chi connectivity index (χ1n) is 7.53. The average molecular weight is 302 g/mol. The van der Waals surface area contributed by atoms with Gasteiger partial charge in [0.2, 0.25) is 0 Å². The molecule has 1 saturated heterocycles. The zero-order valence-electron chi connectivity index (χ0n) is 12.2. The van der Waals surface area contributed by atoms with Crippen LogP contribution in [0.15, 0.2) is 6.20 Å². The maximum absolute atomic E-state index is 12.0. The summed E-state index contributed by atoms with van der Waals surface area (Å²) in [5, 5.41) is 14.0. The van der Waals surface area contributed by atoms with E-state index in [1.807, 2.05) is 0 Å². The van der Waals surface area contributed by atoms with E-state index in [4.69, 9.17) is 4.74 Å². The number of nitrogens with zero attached hydrogens (tertiary/aromatic N) is 2. The number of carbonyl (C=O) groups is 1. The Morgan fingerprint density at radius 2 is 2.18 bits per heavy atom. The minimum absolute atomic E-state index is 0.138. The van der Waals surface area contributed by atoms with Crippen molar-refractivity contribution in [1.29, 1.82) is 0 Å². The lowest BCUT2D eigenvalue weighted by Gasteiger charge is -2.26. The van der Waals surface area contributed by atoms with Crippen molar-refractivity contribution in [3.8, 4) is 5.88 Å². The van der Waals surface area contributed by atoms with Crippen LogP contribution in [0.2, 0.25) is 0 Å². The highest BCUT2D eigenvalue weighted by Gasteiger charge is 2.25. The fourth-order valence-corrected chi connectivity index (χ4v) is 3.27. The van der Waals surface area contributed by atoms with Crippen molar-refractivity contribution in [2.45, 2.75) is 13.0 Å². The van der Waals surface area contributed by atoms with E-state index in [9.17, 15) is 9.90 Å². The zero-order chi connectivity index (χ0) is 15.1. The summed E-state index contributed by atoms with van der Waals surface area (Å²) in [7, 11) is 0. The van der Waals surface area contributed by atoms with Crippen LogP contribution in [0.4, 0.5) is 0 Å². The van der Waals surface area contributed by atoms with E-state index in [0.717, 1.165) is 41.5 Å². The molecule has 0 saturated carbocycles. The molecule has 4 heterocycles. The van der Waals surface area contributed by atoms with Gasteiger partial charge in [0.25, 0.3) is 5.91 Å². The molecule has 0 aromatic carbocycles. The first-order chi connectivity index (χ1) is 10.7. The molecule has 2 aliphatic heterocycles. The lowest BCUT2D eigenvalue weighted by atomic mass is 9.99. The summed E-state index contributed by atoms with van der Waals surface area (Å²) in [4.78, 5) is 21.4. The van der Waals surface area contributed by atoms with Crippen molar-refractivity contribution in [2.75, 3.05) is 32.8 Å². The molecule has 1 amide bonds.